The van der Waals surface area contributed by atoms with Crippen molar-refractivity contribution in [1.82, 2.24) is 55.0 Å². The van der Waals surface area contributed by atoms with Crippen LogP contribution in [0.2, 0.25) is 0 Å². The molecule has 11 N–H and O–H groups in total. The van der Waals surface area contributed by atoms with Gasteiger partial charge in [0.15, 0.2) is 41.1 Å². The molecule has 32 nitrogen and oxygen atoms in total. The number of halogens is 1. The summed E-state index contributed by atoms with van der Waals surface area (Å²) in [6.07, 6.45) is -3.62. The number of carbonyl (C=O) groups excluding carboxylic acids is 4. The van der Waals surface area contributed by atoms with Crippen molar-refractivity contribution in [3.05, 3.63) is 65.6 Å². The lowest BCUT2D eigenvalue weighted by atomic mass is 10.0. The number of nitrogens with zero attached hydrogens (tertiary/aromatic N) is 11. The number of amides is 5. The molecule has 5 aromatic rings. The number of hydrogen-bond donors (Lipinski definition) is 8. The van der Waals surface area contributed by atoms with Crippen molar-refractivity contribution in [1.29, 1.82) is 0 Å². The number of benzene rings is 1. The zero-order valence-corrected chi connectivity index (χ0v) is 45.9. The SMILES string of the molecule is CC(C)[C@H](NC(=O)CN=[N+]=[N-])C(=O)N[C@@H](CCCNC(N)=O)C(=O)Nc1ccc(COC2(OSP3(=O)OC[C@H]4O[C@@H](n5cnc6c(N)ncnc65)[C@H](F)[C@@H]4OP(O)(=S)OCC4O[C@@H](n5cnc6c(N)ncnc65)C[C@@H]4O3)CC2)cc1. The minimum absolute atomic E-state index is 0.0103. The van der Waals surface area contributed by atoms with Gasteiger partial charge in [-0.15, -0.1) is 0 Å². The summed E-state index contributed by atoms with van der Waals surface area (Å²) in [6.45, 7) is -7.08. The van der Waals surface area contributed by atoms with Crippen LogP contribution in [0.3, 0.4) is 0 Å². The third kappa shape index (κ3) is 13.9. The van der Waals surface area contributed by atoms with Gasteiger partial charge in [-0.3, -0.25) is 41.3 Å². The van der Waals surface area contributed by atoms with Gasteiger partial charge in [0.05, 0.1) is 32.5 Å². The zero-order valence-electron chi connectivity index (χ0n) is 42.5. The second kappa shape index (κ2) is 24.8. The van der Waals surface area contributed by atoms with Gasteiger partial charge in [-0.25, -0.2) is 43.7 Å². The molecule has 5 amide bonds. The number of azide groups is 1. The Kier molecular flexibility index (Phi) is 18.1. The van der Waals surface area contributed by atoms with E-state index in [1.165, 1.54) is 29.9 Å². The van der Waals surface area contributed by atoms with E-state index in [4.69, 9.17) is 71.0 Å². The van der Waals surface area contributed by atoms with Crippen molar-refractivity contribution in [3.8, 4) is 0 Å². The molecule has 1 aliphatic carbocycles. The molecule has 0 radical (unpaired) electrons. The molecule has 0 bridgehead atoms. The Hall–Kier alpha value is -6.29. The van der Waals surface area contributed by atoms with E-state index in [2.05, 4.69) is 61.2 Å². The van der Waals surface area contributed by atoms with Crippen LogP contribution in [-0.4, -0.2) is 142 Å². The van der Waals surface area contributed by atoms with Gasteiger partial charge in [-0.1, -0.05) is 31.1 Å². The Labute approximate surface area is 462 Å². The van der Waals surface area contributed by atoms with E-state index in [0.29, 0.717) is 46.9 Å². The number of nitrogens with two attached hydrogens (primary N) is 3. The highest BCUT2D eigenvalue weighted by molar-refractivity contribution is 8.52. The number of nitrogens with one attached hydrogen (secondary N) is 4. The fraction of sp³-hybridized carbons (Fsp3) is 0.535. The number of alkyl halides is 1. The van der Waals surface area contributed by atoms with E-state index in [1.807, 2.05) is 0 Å². The van der Waals surface area contributed by atoms with Gasteiger partial charge in [0.25, 0.3) is 0 Å². The predicted molar refractivity (Wildman–Crippen MR) is 283 cm³/mol. The summed E-state index contributed by atoms with van der Waals surface area (Å²) in [6, 6.07) is 3.58. The van der Waals surface area contributed by atoms with Crippen LogP contribution in [0.4, 0.5) is 26.5 Å². The third-order valence-corrected chi connectivity index (χ3v) is 17.4. The highest BCUT2D eigenvalue weighted by Crippen LogP contribution is 2.66. The topological polar surface area (TPSA) is 442 Å². The summed E-state index contributed by atoms with van der Waals surface area (Å²) in [4.78, 5) is 89.6. The Morgan fingerprint density at radius 1 is 0.950 bits per heavy atom. The first-order valence-corrected chi connectivity index (χ1v) is 30.2. The molecule has 80 heavy (non-hydrogen) atoms. The van der Waals surface area contributed by atoms with Crippen molar-refractivity contribution in [2.75, 3.05) is 43.1 Å². The van der Waals surface area contributed by atoms with E-state index in [1.54, 1.807) is 42.7 Å². The quantitative estimate of drug-likeness (QED) is 0.0105. The molecule has 4 aliphatic rings. The minimum atomic E-state index is -4.56. The van der Waals surface area contributed by atoms with Gasteiger partial charge in [-0.2, -0.15) is 0 Å². The number of ether oxygens (including phenoxy) is 3. The molecule has 37 heteroatoms. The minimum Gasteiger partial charge on any atom is -0.382 e. The first-order chi connectivity index (χ1) is 38.2. The van der Waals surface area contributed by atoms with Gasteiger partial charge in [0, 0.05) is 36.4 Å². The molecule has 7 heterocycles. The Bertz CT molecular complexity index is 3250. The van der Waals surface area contributed by atoms with Crippen molar-refractivity contribution >= 4 is 100 Å². The Morgan fingerprint density at radius 3 is 2.29 bits per heavy atom. The zero-order chi connectivity index (χ0) is 56.9. The summed E-state index contributed by atoms with van der Waals surface area (Å²) in [5.74, 6) is -3.52. The van der Waals surface area contributed by atoms with E-state index >= 15 is 8.96 Å². The van der Waals surface area contributed by atoms with Crippen LogP contribution in [0.5, 0.6) is 0 Å². The number of urea groups is 1. The summed E-state index contributed by atoms with van der Waals surface area (Å²) >= 11 is 5.75. The number of hydrogen-bond acceptors (Lipinski definition) is 24. The number of anilines is 3. The van der Waals surface area contributed by atoms with Crippen LogP contribution in [0, 0.1) is 5.92 Å². The number of imidazole rings is 2. The van der Waals surface area contributed by atoms with E-state index in [-0.39, 0.29) is 55.2 Å². The van der Waals surface area contributed by atoms with Crippen molar-refractivity contribution in [3.63, 3.8) is 0 Å². The first-order valence-electron chi connectivity index (χ1n) is 24.7. The maximum Gasteiger partial charge on any atom is 0.416 e. The number of fused-ring (bicyclic) bond motifs is 4. The second-order valence-corrected chi connectivity index (χ2v) is 25.2. The molecule has 9 rings (SSSR count). The molecular weight excluding hydrogens is 1140 g/mol. The molecule has 1 saturated carbocycles. The van der Waals surface area contributed by atoms with Gasteiger partial charge in [0.1, 0.15) is 84.6 Å². The lowest BCUT2D eigenvalue weighted by molar-refractivity contribution is -0.131. The number of primary amides is 1. The van der Waals surface area contributed by atoms with E-state index in [9.17, 15) is 24.1 Å². The maximum atomic E-state index is 16.7. The van der Waals surface area contributed by atoms with Gasteiger partial charge in [-0.05, 0) is 53.8 Å². The molecule has 3 aliphatic heterocycles. The van der Waals surface area contributed by atoms with Crippen molar-refractivity contribution in [2.45, 2.75) is 113 Å². The normalized spacial score (nSPS) is 27.1. The molecular formula is C43H55FN18O14P2S2. The number of rotatable bonds is 20. The van der Waals surface area contributed by atoms with Crippen LogP contribution >= 0.6 is 25.2 Å². The Balaban J connectivity index is 0.883. The standard InChI is InChI=1S/C43H55FN18O14P2S2/c1-21(2)31(59-28(63)13-56-60-48)40(65)58-24(4-3-11-49-42(47)66)39(64)57-23-7-5-22(6-8-23)14-69-43(9-10-43)76-80-78(68)71-16-27-34(30(44)41(73-27)62-20-55-33-36(46)51-18-53-38(33)62)75-77(67,79)70-15-26-25(74-78)12-29(72-26)61-19-54-32-35(45)50-17-52-37(32)61/h5-8,17-21,24-27,29-31,34,41H,3-4,9-16H2,1-2H3,(H,57,64)(H,58,65)(H,59,63)(H,67,79)(H2,45,50,52)(H2,46,51,53)(H3,47,49,66)/t24-,25-,26?,27+,29+,30+,31-,34+,41+,77?,78?/m0/s1. The second-order valence-electron chi connectivity index (χ2n) is 19.0. The fourth-order valence-corrected chi connectivity index (χ4v) is 13.0. The maximum absolute atomic E-state index is 16.7. The van der Waals surface area contributed by atoms with E-state index < -0.39 is 124 Å². The molecule has 0 spiro atoms. The highest BCUT2D eigenvalue weighted by Gasteiger charge is 2.54. The largest absolute Gasteiger partial charge is 0.416 e. The number of nitrogen functional groups attached to an aromatic ring is 2. The Morgan fingerprint density at radius 2 is 1.62 bits per heavy atom. The highest BCUT2D eigenvalue weighted by atomic mass is 32.7. The summed E-state index contributed by atoms with van der Waals surface area (Å²) in [5, 5.41) is 13.6. The molecule has 1 aromatic carbocycles. The van der Waals surface area contributed by atoms with Gasteiger partial charge < -0.3 is 62.1 Å². The molecule has 4 aromatic heterocycles. The predicted octanol–water partition coefficient (Wildman–Crippen LogP) is 3.19. The molecule has 430 valence electrons. The van der Waals surface area contributed by atoms with Crippen LogP contribution < -0.4 is 38.5 Å². The summed E-state index contributed by atoms with van der Waals surface area (Å²) < 4.78 is 83.7. The lowest BCUT2D eigenvalue weighted by Crippen LogP contribution is -2.55. The lowest BCUT2D eigenvalue weighted by Gasteiger charge is -2.30. The average molecular weight is 1190 g/mol. The molecule has 3 saturated heterocycles. The van der Waals surface area contributed by atoms with Crippen molar-refractivity contribution in [2.24, 2.45) is 16.8 Å². The van der Waals surface area contributed by atoms with Crippen LogP contribution in [0.1, 0.15) is 64.0 Å². The molecule has 4 fully saturated rings. The van der Waals surface area contributed by atoms with Gasteiger partial charge in [0.2, 0.25) is 17.7 Å². The monoisotopic (exact) mass is 1190 g/mol. The number of carbonyl (C=O) groups is 4. The van der Waals surface area contributed by atoms with Crippen LogP contribution in [0.15, 0.2) is 54.7 Å². The van der Waals surface area contributed by atoms with Crippen LogP contribution in [-0.2, 0) is 73.9 Å². The van der Waals surface area contributed by atoms with E-state index in [0.717, 1.165) is 0 Å². The molecule has 11 atom stereocenters. The summed E-state index contributed by atoms with van der Waals surface area (Å²) in [5.41, 5.74) is 27.7. The van der Waals surface area contributed by atoms with Gasteiger partial charge >= 0.3 is 19.5 Å². The number of aromatic nitrogens is 8. The smallest absolute Gasteiger partial charge is 0.382 e. The van der Waals surface area contributed by atoms with Crippen molar-refractivity contribution < 1.29 is 69.5 Å². The first kappa shape index (κ1) is 58.4. The average Bonchev–Trinajstić information content (AvgIpc) is 3.77. The summed E-state index contributed by atoms with van der Waals surface area (Å²) in [7, 11) is 0. The third-order valence-electron chi connectivity index (χ3n) is 12.9. The fourth-order valence-electron chi connectivity index (χ4n) is 8.69. The van der Waals surface area contributed by atoms with Crippen LogP contribution in [0.25, 0.3) is 32.8 Å². The molecule has 3 unspecified atom stereocenters.